The molecule has 0 bridgehead atoms. The van der Waals surface area contributed by atoms with Crippen LogP contribution in [0.2, 0.25) is 0 Å². The molecule has 24 heavy (non-hydrogen) atoms. The number of halogens is 1. The van der Waals surface area contributed by atoms with Crippen LogP contribution in [-0.4, -0.2) is 59.5 Å². The minimum absolute atomic E-state index is 0.261. The molecule has 0 unspecified atom stereocenters. The molecule has 10 heteroatoms. The van der Waals surface area contributed by atoms with Crippen LogP contribution in [0.15, 0.2) is 0 Å². The molecule has 1 fully saturated rings. The van der Waals surface area contributed by atoms with E-state index in [2.05, 4.69) is 0 Å². The van der Waals surface area contributed by atoms with Crippen LogP contribution in [0.1, 0.15) is 27.7 Å². The first-order chi connectivity index (χ1) is 11.1. The standard InChI is InChI=1S/C14H19FO8S/c1-6(16)20-5-10-11(21-7(2)17)12(22-8(3)18)13(14(15)24-10)23-9(4)19/h10-14H,5H2,1-4H3/t10-,11-,12+,13-,14+/m1/s1. The second-order valence-corrected chi connectivity index (χ2v) is 6.38. The average molecular weight is 366 g/mol. The molecule has 1 rings (SSSR count). The smallest absolute Gasteiger partial charge is 0.303 e. The highest BCUT2D eigenvalue weighted by atomic mass is 32.2. The predicted octanol–water partition coefficient (Wildman–Crippen LogP) is 0.756. The van der Waals surface area contributed by atoms with Gasteiger partial charge in [0.2, 0.25) is 0 Å². The monoisotopic (exact) mass is 366 g/mol. The Morgan fingerprint density at radius 3 is 1.71 bits per heavy atom. The van der Waals surface area contributed by atoms with Crippen LogP contribution < -0.4 is 0 Å². The Hall–Kier alpha value is -1.84. The molecular formula is C14H19FO8S. The van der Waals surface area contributed by atoms with Crippen molar-refractivity contribution in [1.82, 2.24) is 0 Å². The third-order valence-electron chi connectivity index (χ3n) is 2.93. The van der Waals surface area contributed by atoms with E-state index < -0.39 is 52.9 Å². The molecule has 8 nitrogen and oxygen atoms in total. The molecule has 0 amide bonds. The van der Waals surface area contributed by atoms with Crippen molar-refractivity contribution in [3.05, 3.63) is 0 Å². The number of rotatable bonds is 5. The van der Waals surface area contributed by atoms with Crippen LogP contribution in [0.5, 0.6) is 0 Å². The zero-order chi connectivity index (χ0) is 18.4. The first-order valence-corrected chi connectivity index (χ1v) is 8.00. The van der Waals surface area contributed by atoms with E-state index in [0.717, 1.165) is 20.8 Å². The van der Waals surface area contributed by atoms with Crippen LogP contribution in [0.3, 0.4) is 0 Å². The van der Waals surface area contributed by atoms with E-state index in [9.17, 15) is 23.6 Å². The van der Waals surface area contributed by atoms with Crippen LogP contribution in [0.25, 0.3) is 0 Å². The summed E-state index contributed by atoms with van der Waals surface area (Å²) in [6, 6.07) is 0. The van der Waals surface area contributed by atoms with Crippen molar-refractivity contribution in [1.29, 1.82) is 0 Å². The lowest BCUT2D eigenvalue weighted by Gasteiger charge is -2.41. The van der Waals surface area contributed by atoms with Crippen LogP contribution in [0, 0.1) is 0 Å². The van der Waals surface area contributed by atoms with Gasteiger partial charge in [-0.15, -0.1) is 11.8 Å². The summed E-state index contributed by atoms with van der Waals surface area (Å²) in [4.78, 5) is 44.9. The van der Waals surface area contributed by atoms with E-state index in [4.69, 9.17) is 18.9 Å². The number of ether oxygens (including phenoxy) is 4. The minimum atomic E-state index is -1.76. The SMILES string of the molecule is CC(=O)OC[C@H]1S[C@H](F)[C@H](OC(C)=O)[C@@H](OC(C)=O)[C@@H]1OC(C)=O. The van der Waals surface area contributed by atoms with Gasteiger partial charge >= 0.3 is 23.9 Å². The van der Waals surface area contributed by atoms with Crippen LogP contribution in [0.4, 0.5) is 4.39 Å². The lowest BCUT2D eigenvalue weighted by Crippen LogP contribution is -2.57. The fourth-order valence-electron chi connectivity index (χ4n) is 2.18. The summed E-state index contributed by atoms with van der Waals surface area (Å²) in [5.41, 5.74) is -1.76. The highest BCUT2D eigenvalue weighted by molar-refractivity contribution is 8.00. The molecule has 0 radical (unpaired) electrons. The minimum Gasteiger partial charge on any atom is -0.465 e. The number of esters is 4. The van der Waals surface area contributed by atoms with E-state index >= 15 is 0 Å². The quantitative estimate of drug-likeness (QED) is 0.515. The van der Waals surface area contributed by atoms with Crippen molar-refractivity contribution in [3.8, 4) is 0 Å². The highest BCUT2D eigenvalue weighted by Gasteiger charge is 2.52. The van der Waals surface area contributed by atoms with Gasteiger partial charge in [-0.3, -0.25) is 19.2 Å². The van der Waals surface area contributed by atoms with E-state index in [0.29, 0.717) is 11.8 Å². The summed E-state index contributed by atoms with van der Waals surface area (Å²) in [6.45, 7) is 4.20. The summed E-state index contributed by atoms with van der Waals surface area (Å²) in [5.74, 6) is -2.84. The Bertz CT molecular complexity index is 511. The van der Waals surface area contributed by atoms with Crippen molar-refractivity contribution < 1.29 is 42.5 Å². The average Bonchev–Trinajstić information content (AvgIpc) is 2.42. The summed E-state index contributed by atoms with van der Waals surface area (Å²) in [5, 5.41) is -0.830. The van der Waals surface area contributed by atoms with Gasteiger partial charge in [0.15, 0.2) is 23.8 Å². The molecule has 5 atom stereocenters. The molecule has 1 heterocycles. The van der Waals surface area contributed by atoms with Gasteiger partial charge in [-0.1, -0.05) is 0 Å². The van der Waals surface area contributed by atoms with Gasteiger partial charge in [-0.2, -0.15) is 0 Å². The Morgan fingerprint density at radius 1 is 0.792 bits per heavy atom. The molecule has 0 aliphatic carbocycles. The van der Waals surface area contributed by atoms with Gasteiger partial charge in [-0.25, -0.2) is 4.39 Å². The molecule has 0 saturated carbocycles. The Kier molecular flexibility index (Phi) is 7.46. The van der Waals surface area contributed by atoms with Gasteiger partial charge in [0.05, 0.1) is 5.25 Å². The normalized spacial score (nSPS) is 29.3. The van der Waals surface area contributed by atoms with E-state index in [1.807, 2.05) is 0 Å². The molecule has 1 saturated heterocycles. The zero-order valence-electron chi connectivity index (χ0n) is 13.6. The van der Waals surface area contributed by atoms with Crippen LogP contribution in [-0.2, 0) is 38.1 Å². The van der Waals surface area contributed by atoms with Gasteiger partial charge in [-0.05, 0) is 0 Å². The maximum absolute atomic E-state index is 14.4. The van der Waals surface area contributed by atoms with Crippen molar-refractivity contribution in [2.24, 2.45) is 0 Å². The summed E-state index contributed by atoms with van der Waals surface area (Å²) >= 11 is 0.670. The number of carbonyl (C=O) groups is 4. The molecule has 1 aliphatic rings. The lowest BCUT2D eigenvalue weighted by atomic mass is 10.0. The third-order valence-corrected chi connectivity index (χ3v) is 4.22. The van der Waals surface area contributed by atoms with Crippen LogP contribution >= 0.6 is 11.8 Å². The first-order valence-electron chi connectivity index (χ1n) is 7.06. The molecule has 0 aromatic heterocycles. The largest absolute Gasteiger partial charge is 0.465 e. The molecule has 1 aliphatic heterocycles. The summed E-state index contributed by atoms with van der Waals surface area (Å²) in [7, 11) is 0. The number of hydrogen-bond donors (Lipinski definition) is 0. The number of alkyl halides is 1. The highest BCUT2D eigenvalue weighted by Crippen LogP contribution is 2.38. The third kappa shape index (κ3) is 5.99. The second kappa shape index (κ2) is 8.86. The van der Waals surface area contributed by atoms with Crippen molar-refractivity contribution >= 4 is 35.6 Å². The van der Waals surface area contributed by atoms with E-state index in [1.54, 1.807) is 0 Å². The van der Waals surface area contributed by atoms with E-state index in [1.165, 1.54) is 6.92 Å². The molecular weight excluding hydrogens is 347 g/mol. The van der Waals surface area contributed by atoms with Crippen molar-refractivity contribution in [2.45, 2.75) is 56.8 Å². The topological polar surface area (TPSA) is 105 Å². The Balaban J connectivity index is 3.11. The van der Waals surface area contributed by atoms with Crippen molar-refractivity contribution in [3.63, 3.8) is 0 Å². The first kappa shape index (κ1) is 20.2. The number of hydrogen-bond acceptors (Lipinski definition) is 9. The fraction of sp³-hybridized carbons (Fsp3) is 0.714. The van der Waals surface area contributed by atoms with Gasteiger partial charge in [0.1, 0.15) is 6.61 Å². The Morgan fingerprint density at radius 2 is 1.25 bits per heavy atom. The van der Waals surface area contributed by atoms with Gasteiger partial charge in [0.25, 0.3) is 0 Å². The van der Waals surface area contributed by atoms with Gasteiger partial charge in [0, 0.05) is 27.7 Å². The lowest BCUT2D eigenvalue weighted by molar-refractivity contribution is -0.188. The maximum Gasteiger partial charge on any atom is 0.303 e. The molecule has 0 spiro atoms. The Labute approximate surface area is 142 Å². The maximum atomic E-state index is 14.4. The summed E-state index contributed by atoms with van der Waals surface area (Å²) in [6.07, 6.45) is -3.95. The zero-order valence-corrected chi connectivity index (χ0v) is 14.5. The predicted molar refractivity (Wildman–Crippen MR) is 79.6 cm³/mol. The molecule has 136 valence electrons. The second-order valence-electron chi connectivity index (χ2n) is 5.05. The molecule has 0 N–H and O–H groups in total. The van der Waals surface area contributed by atoms with Crippen molar-refractivity contribution in [2.75, 3.05) is 6.61 Å². The number of carbonyl (C=O) groups excluding carboxylic acids is 4. The fourth-order valence-corrected chi connectivity index (χ4v) is 3.39. The number of thioether (sulfide) groups is 1. The van der Waals surface area contributed by atoms with E-state index in [-0.39, 0.29) is 6.61 Å². The summed E-state index contributed by atoms with van der Waals surface area (Å²) < 4.78 is 34.3. The molecule has 0 aromatic rings. The van der Waals surface area contributed by atoms with Gasteiger partial charge < -0.3 is 18.9 Å². The molecule has 0 aromatic carbocycles.